The lowest BCUT2D eigenvalue weighted by Gasteiger charge is -2.04. The predicted molar refractivity (Wildman–Crippen MR) is 100 cm³/mol. The first-order chi connectivity index (χ1) is 11.6. The number of fused-ring (bicyclic) bond motifs is 1. The summed E-state index contributed by atoms with van der Waals surface area (Å²) in [6, 6.07) is 15.5. The summed E-state index contributed by atoms with van der Waals surface area (Å²) < 4.78 is 6.37. The molecule has 4 rings (SSSR count). The molecule has 1 fully saturated rings. The molecule has 1 aliphatic rings. The molecule has 0 bridgehead atoms. The van der Waals surface area contributed by atoms with Crippen molar-refractivity contribution in [1.29, 1.82) is 0 Å². The molecule has 2 aromatic carbocycles. The van der Waals surface area contributed by atoms with E-state index in [9.17, 15) is 4.79 Å². The van der Waals surface area contributed by atoms with Crippen LogP contribution in [0.15, 0.2) is 57.9 Å². The summed E-state index contributed by atoms with van der Waals surface area (Å²) in [4.78, 5) is 17.3. The third-order valence-electron chi connectivity index (χ3n) is 3.80. The molecule has 1 N–H and O–H groups in total. The minimum atomic E-state index is -0.161. The van der Waals surface area contributed by atoms with Crippen LogP contribution in [0.1, 0.15) is 12.5 Å². The molecule has 1 saturated heterocycles. The number of carbonyl (C=O) groups excluding carboxylic acids is 1. The van der Waals surface area contributed by atoms with Gasteiger partial charge in [-0.1, -0.05) is 54.3 Å². The fraction of sp³-hybridized carbons (Fsp3) is 0.0556. The molecular weight excluding hydrogens is 340 g/mol. The van der Waals surface area contributed by atoms with Crippen molar-refractivity contribution in [2.45, 2.75) is 6.92 Å². The Morgan fingerprint density at radius 3 is 2.67 bits per heavy atom. The van der Waals surface area contributed by atoms with E-state index in [1.807, 2.05) is 55.5 Å². The van der Waals surface area contributed by atoms with E-state index in [0.717, 1.165) is 22.2 Å². The average Bonchev–Trinajstić information content (AvgIpc) is 3.17. The number of hydrogen-bond donors (Lipinski definition) is 1. The first-order valence-electron chi connectivity index (χ1n) is 7.33. The van der Waals surface area contributed by atoms with E-state index in [1.165, 1.54) is 11.8 Å². The third kappa shape index (κ3) is 2.53. The van der Waals surface area contributed by atoms with E-state index in [1.54, 1.807) is 0 Å². The zero-order valence-corrected chi connectivity index (χ0v) is 14.3. The quantitative estimate of drug-likeness (QED) is 0.548. The van der Waals surface area contributed by atoms with Crippen molar-refractivity contribution < 1.29 is 9.21 Å². The van der Waals surface area contributed by atoms with Gasteiger partial charge in [0.25, 0.3) is 5.91 Å². The minimum absolute atomic E-state index is 0.161. The standard InChI is InChI=1S/C18H12N2O2S2/c1-10(15-16(21)20-18(23)24-15)12-8-5-9-13-14(12)19-17(22-13)11-6-3-2-4-7-11/h2-9H,1H3,(H,20,21,23)/b15-10+. The van der Waals surface area contributed by atoms with Gasteiger partial charge in [0.2, 0.25) is 5.89 Å². The number of nitrogens with zero attached hydrogens (tertiary/aromatic N) is 1. The lowest BCUT2D eigenvalue weighted by molar-refractivity contribution is -0.115. The monoisotopic (exact) mass is 352 g/mol. The first-order valence-corrected chi connectivity index (χ1v) is 8.55. The number of thioether (sulfide) groups is 1. The van der Waals surface area contributed by atoms with Crippen LogP contribution in [0.5, 0.6) is 0 Å². The largest absolute Gasteiger partial charge is 0.436 e. The fourth-order valence-electron chi connectivity index (χ4n) is 2.64. The van der Waals surface area contributed by atoms with E-state index in [4.69, 9.17) is 16.6 Å². The normalized spacial score (nSPS) is 16.5. The van der Waals surface area contributed by atoms with Crippen LogP contribution in [0.2, 0.25) is 0 Å². The molecule has 1 aliphatic heterocycles. The number of thiocarbonyl (C=S) groups is 1. The van der Waals surface area contributed by atoms with Crippen LogP contribution >= 0.6 is 24.0 Å². The summed E-state index contributed by atoms with van der Waals surface area (Å²) >= 11 is 6.35. The average molecular weight is 352 g/mol. The topological polar surface area (TPSA) is 55.1 Å². The van der Waals surface area contributed by atoms with Crippen molar-refractivity contribution >= 4 is 50.9 Å². The Labute approximate surface area is 148 Å². The number of aromatic nitrogens is 1. The Morgan fingerprint density at radius 1 is 1.17 bits per heavy atom. The second kappa shape index (κ2) is 5.89. The molecule has 24 heavy (non-hydrogen) atoms. The number of para-hydroxylation sites is 1. The highest BCUT2D eigenvalue weighted by Gasteiger charge is 2.26. The zero-order valence-electron chi connectivity index (χ0n) is 12.7. The van der Waals surface area contributed by atoms with Gasteiger partial charge in [0.05, 0.1) is 4.91 Å². The van der Waals surface area contributed by atoms with Crippen molar-refractivity contribution in [2.24, 2.45) is 0 Å². The number of rotatable bonds is 2. The maximum absolute atomic E-state index is 12.0. The summed E-state index contributed by atoms with van der Waals surface area (Å²) in [6.45, 7) is 1.90. The molecule has 118 valence electrons. The Bertz CT molecular complexity index is 1010. The van der Waals surface area contributed by atoms with Crippen molar-refractivity contribution in [3.63, 3.8) is 0 Å². The molecule has 0 unspecified atom stereocenters. The van der Waals surface area contributed by atoms with Gasteiger partial charge >= 0.3 is 0 Å². The number of oxazole rings is 1. The molecule has 0 aliphatic carbocycles. The van der Waals surface area contributed by atoms with Gasteiger partial charge in [-0.15, -0.1) is 0 Å². The molecule has 1 aromatic heterocycles. The predicted octanol–water partition coefficient (Wildman–Crippen LogP) is 4.37. The van der Waals surface area contributed by atoms with Crippen LogP contribution in [-0.4, -0.2) is 15.2 Å². The van der Waals surface area contributed by atoms with Crippen LogP contribution in [0.3, 0.4) is 0 Å². The summed E-state index contributed by atoms with van der Waals surface area (Å²) in [5.74, 6) is 0.404. The number of nitrogens with one attached hydrogen (secondary N) is 1. The van der Waals surface area contributed by atoms with E-state index < -0.39 is 0 Å². The van der Waals surface area contributed by atoms with Crippen molar-refractivity contribution in [1.82, 2.24) is 10.3 Å². The van der Waals surface area contributed by atoms with Gasteiger partial charge < -0.3 is 9.73 Å². The van der Waals surface area contributed by atoms with Gasteiger partial charge in [-0.05, 0) is 30.7 Å². The Kier molecular flexibility index (Phi) is 3.70. The highest BCUT2D eigenvalue weighted by molar-refractivity contribution is 8.26. The lowest BCUT2D eigenvalue weighted by atomic mass is 10.1. The zero-order chi connectivity index (χ0) is 16.7. The summed E-state index contributed by atoms with van der Waals surface area (Å²) in [5.41, 5.74) is 4.07. The Morgan fingerprint density at radius 2 is 1.96 bits per heavy atom. The number of carbonyl (C=O) groups is 1. The molecule has 6 heteroatoms. The second-order valence-corrected chi connectivity index (χ2v) is 7.02. The number of allylic oxidation sites excluding steroid dienone is 1. The lowest BCUT2D eigenvalue weighted by Crippen LogP contribution is -2.18. The molecule has 0 atom stereocenters. The summed E-state index contributed by atoms with van der Waals surface area (Å²) in [6.07, 6.45) is 0. The third-order valence-corrected chi connectivity index (χ3v) is 5.14. The number of benzene rings is 2. The molecule has 3 aromatic rings. The molecule has 4 nitrogen and oxygen atoms in total. The first kappa shape index (κ1) is 15.1. The van der Waals surface area contributed by atoms with Crippen molar-refractivity contribution in [3.8, 4) is 11.5 Å². The minimum Gasteiger partial charge on any atom is -0.436 e. The van der Waals surface area contributed by atoms with Crippen LogP contribution in [0, 0.1) is 0 Å². The highest BCUT2D eigenvalue weighted by Crippen LogP contribution is 2.35. The summed E-state index contributed by atoms with van der Waals surface area (Å²) in [7, 11) is 0. The molecular formula is C18H12N2O2S2. The Balaban J connectivity index is 1.88. The maximum atomic E-state index is 12.0. The van der Waals surface area contributed by atoms with Crippen molar-refractivity contribution in [3.05, 3.63) is 59.0 Å². The van der Waals surface area contributed by atoms with Gasteiger partial charge in [0.15, 0.2) is 5.58 Å². The molecule has 2 heterocycles. The van der Waals surface area contributed by atoms with Crippen LogP contribution in [0.25, 0.3) is 28.1 Å². The van der Waals surface area contributed by atoms with Gasteiger partial charge in [0.1, 0.15) is 9.84 Å². The van der Waals surface area contributed by atoms with E-state index >= 15 is 0 Å². The Hall–Kier alpha value is -2.44. The molecule has 0 saturated carbocycles. The van der Waals surface area contributed by atoms with Crippen LogP contribution in [-0.2, 0) is 4.79 Å². The smallest absolute Gasteiger partial charge is 0.263 e. The van der Waals surface area contributed by atoms with Gasteiger partial charge in [-0.2, -0.15) is 0 Å². The SMILES string of the molecule is C/C(=C1\SC(=S)NC1=O)c1cccc2oc(-c3ccccc3)nc12. The second-order valence-electron chi connectivity index (χ2n) is 5.34. The van der Waals surface area contributed by atoms with Crippen molar-refractivity contribution in [2.75, 3.05) is 0 Å². The van der Waals surface area contributed by atoms with E-state index in [-0.39, 0.29) is 5.91 Å². The van der Waals surface area contributed by atoms with Gasteiger partial charge in [0, 0.05) is 11.1 Å². The molecule has 0 radical (unpaired) electrons. The number of amides is 1. The van der Waals surface area contributed by atoms with Gasteiger partial charge in [-0.25, -0.2) is 4.98 Å². The van der Waals surface area contributed by atoms with Gasteiger partial charge in [-0.3, -0.25) is 4.79 Å². The van der Waals surface area contributed by atoms with Crippen LogP contribution in [0.4, 0.5) is 0 Å². The van der Waals surface area contributed by atoms with E-state index in [0.29, 0.717) is 20.7 Å². The van der Waals surface area contributed by atoms with Crippen LogP contribution < -0.4 is 5.32 Å². The molecule has 1 amide bonds. The fourth-order valence-corrected chi connectivity index (χ4v) is 3.72. The maximum Gasteiger partial charge on any atom is 0.263 e. The summed E-state index contributed by atoms with van der Waals surface area (Å²) in [5, 5.41) is 2.65. The number of hydrogen-bond acceptors (Lipinski definition) is 5. The highest BCUT2D eigenvalue weighted by atomic mass is 32.2. The van der Waals surface area contributed by atoms with E-state index in [2.05, 4.69) is 10.3 Å². The molecule has 0 spiro atoms.